The Morgan fingerprint density at radius 3 is 2.62 bits per heavy atom. The summed E-state index contributed by atoms with van der Waals surface area (Å²) in [4.78, 5) is 10.0. The zero-order chi connectivity index (χ0) is 11.5. The Kier molecular flexibility index (Phi) is 2.68. The minimum atomic E-state index is -0.446. The second-order valence-corrected chi connectivity index (χ2v) is 3.64. The van der Waals surface area contributed by atoms with Crippen molar-refractivity contribution in [1.29, 1.82) is 0 Å². The van der Waals surface area contributed by atoms with Crippen molar-refractivity contribution in [1.82, 2.24) is 9.78 Å². The Morgan fingerprint density at radius 1 is 1.38 bits per heavy atom. The Bertz CT molecular complexity index is 502. The molecule has 0 saturated carbocycles. The van der Waals surface area contributed by atoms with Gasteiger partial charge in [-0.15, -0.1) is 0 Å². The maximum absolute atomic E-state index is 10.5. The molecule has 1 aromatic heterocycles. The van der Waals surface area contributed by atoms with Gasteiger partial charge in [-0.05, 0) is 12.5 Å². The molecular weight excluding hydrogens is 206 g/mol. The molecule has 1 heterocycles. The third-order valence-corrected chi connectivity index (χ3v) is 2.30. The van der Waals surface area contributed by atoms with E-state index in [4.69, 9.17) is 0 Å². The van der Waals surface area contributed by atoms with E-state index in [9.17, 15) is 10.1 Å². The van der Waals surface area contributed by atoms with Crippen molar-refractivity contribution >= 4 is 5.69 Å². The first-order valence-corrected chi connectivity index (χ1v) is 4.87. The average molecular weight is 217 g/mol. The van der Waals surface area contributed by atoms with E-state index in [-0.39, 0.29) is 5.69 Å². The SMILES string of the molecule is Cc1ccc(Cn2cc([N+](=O)[O-])cn2)cc1. The first-order valence-electron chi connectivity index (χ1n) is 4.87. The Morgan fingerprint density at radius 2 is 2.06 bits per heavy atom. The van der Waals surface area contributed by atoms with Gasteiger partial charge in [0.15, 0.2) is 0 Å². The molecule has 1 aromatic carbocycles. The van der Waals surface area contributed by atoms with Crippen molar-refractivity contribution in [3.63, 3.8) is 0 Å². The van der Waals surface area contributed by atoms with E-state index in [0.717, 1.165) is 5.56 Å². The summed E-state index contributed by atoms with van der Waals surface area (Å²) < 4.78 is 1.56. The van der Waals surface area contributed by atoms with Crippen molar-refractivity contribution in [3.05, 3.63) is 57.9 Å². The van der Waals surface area contributed by atoms with Crippen LogP contribution in [0, 0.1) is 17.0 Å². The Balaban J connectivity index is 2.14. The van der Waals surface area contributed by atoms with Crippen LogP contribution in [-0.4, -0.2) is 14.7 Å². The first kappa shape index (κ1) is 10.4. The van der Waals surface area contributed by atoms with E-state index in [1.165, 1.54) is 18.0 Å². The highest BCUT2D eigenvalue weighted by Crippen LogP contribution is 2.10. The largest absolute Gasteiger partial charge is 0.307 e. The Hall–Kier alpha value is -2.17. The van der Waals surface area contributed by atoms with Gasteiger partial charge in [-0.25, -0.2) is 0 Å². The van der Waals surface area contributed by atoms with Crippen molar-refractivity contribution < 1.29 is 4.92 Å². The van der Waals surface area contributed by atoms with Crippen LogP contribution in [0.15, 0.2) is 36.7 Å². The molecule has 5 heteroatoms. The predicted octanol–water partition coefficient (Wildman–Crippen LogP) is 2.15. The van der Waals surface area contributed by atoms with E-state index < -0.39 is 4.92 Å². The standard InChI is InChI=1S/C11H11N3O2/c1-9-2-4-10(5-3-9)7-13-8-11(6-12-13)14(15)16/h2-6,8H,7H2,1H3. The molecule has 2 rings (SSSR count). The van der Waals surface area contributed by atoms with Gasteiger partial charge in [0.1, 0.15) is 12.4 Å². The summed E-state index contributed by atoms with van der Waals surface area (Å²) in [6, 6.07) is 7.99. The molecule has 0 unspecified atom stereocenters. The highest BCUT2D eigenvalue weighted by molar-refractivity contribution is 5.24. The van der Waals surface area contributed by atoms with Gasteiger partial charge in [-0.2, -0.15) is 5.10 Å². The molecule has 0 radical (unpaired) electrons. The van der Waals surface area contributed by atoms with E-state index >= 15 is 0 Å². The van der Waals surface area contributed by atoms with E-state index in [2.05, 4.69) is 5.10 Å². The molecule has 0 N–H and O–H groups in total. The first-order chi connectivity index (χ1) is 7.65. The fraction of sp³-hybridized carbons (Fsp3) is 0.182. The van der Waals surface area contributed by atoms with E-state index in [0.29, 0.717) is 6.54 Å². The normalized spacial score (nSPS) is 10.3. The van der Waals surface area contributed by atoms with E-state index in [1.807, 2.05) is 31.2 Å². The van der Waals surface area contributed by atoms with Gasteiger partial charge in [0, 0.05) is 0 Å². The molecule has 0 spiro atoms. The summed E-state index contributed by atoms with van der Waals surface area (Å²) in [5.41, 5.74) is 2.28. The number of aryl methyl sites for hydroxylation is 1. The number of hydrogen-bond donors (Lipinski definition) is 0. The van der Waals surface area contributed by atoms with Crippen molar-refractivity contribution in [2.45, 2.75) is 13.5 Å². The molecule has 0 aliphatic rings. The number of rotatable bonds is 3. The maximum Gasteiger partial charge on any atom is 0.307 e. The zero-order valence-electron chi connectivity index (χ0n) is 8.83. The van der Waals surface area contributed by atoms with Crippen molar-refractivity contribution in [2.75, 3.05) is 0 Å². The van der Waals surface area contributed by atoms with Gasteiger partial charge in [-0.1, -0.05) is 29.8 Å². The second kappa shape index (κ2) is 4.14. The fourth-order valence-corrected chi connectivity index (χ4v) is 1.41. The monoisotopic (exact) mass is 217 g/mol. The molecule has 0 fully saturated rings. The van der Waals surface area contributed by atoms with Crippen LogP contribution in [-0.2, 0) is 6.54 Å². The van der Waals surface area contributed by atoms with Gasteiger partial charge >= 0.3 is 5.69 Å². The smallest absolute Gasteiger partial charge is 0.261 e. The van der Waals surface area contributed by atoms with Crippen LogP contribution in [0.2, 0.25) is 0 Å². The van der Waals surface area contributed by atoms with Crippen LogP contribution < -0.4 is 0 Å². The second-order valence-electron chi connectivity index (χ2n) is 3.64. The number of benzene rings is 1. The molecule has 82 valence electrons. The quantitative estimate of drug-likeness (QED) is 0.584. The molecule has 0 amide bonds. The molecule has 16 heavy (non-hydrogen) atoms. The topological polar surface area (TPSA) is 61.0 Å². The third-order valence-electron chi connectivity index (χ3n) is 2.30. The van der Waals surface area contributed by atoms with Crippen molar-refractivity contribution in [3.8, 4) is 0 Å². The summed E-state index contributed by atoms with van der Waals surface area (Å²) in [7, 11) is 0. The molecule has 0 aliphatic heterocycles. The third kappa shape index (κ3) is 2.25. The lowest BCUT2D eigenvalue weighted by Gasteiger charge is -2.01. The predicted molar refractivity (Wildman–Crippen MR) is 59.2 cm³/mol. The lowest BCUT2D eigenvalue weighted by molar-refractivity contribution is -0.385. The number of aromatic nitrogens is 2. The molecule has 0 aliphatic carbocycles. The minimum Gasteiger partial charge on any atom is -0.261 e. The number of nitro groups is 1. The fourth-order valence-electron chi connectivity index (χ4n) is 1.41. The van der Waals surface area contributed by atoms with Crippen LogP contribution in [0.4, 0.5) is 5.69 Å². The molecule has 0 bridgehead atoms. The molecular formula is C11H11N3O2. The highest BCUT2D eigenvalue weighted by Gasteiger charge is 2.08. The minimum absolute atomic E-state index is 0.0205. The summed E-state index contributed by atoms with van der Waals surface area (Å²) in [6.45, 7) is 2.57. The van der Waals surface area contributed by atoms with E-state index in [1.54, 1.807) is 4.68 Å². The average Bonchev–Trinajstić information content (AvgIpc) is 2.70. The van der Waals surface area contributed by atoms with Gasteiger partial charge in [0.2, 0.25) is 0 Å². The van der Waals surface area contributed by atoms with Gasteiger partial charge in [0.05, 0.1) is 11.5 Å². The lowest BCUT2D eigenvalue weighted by Crippen LogP contribution is -1.99. The van der Waals surface area contributed by atoms with Gasteiger partial charge in [0.25, 0.3) is 0 Å². The van der Waals surface area contributed by atoms with Crippen LogP contribution in [0.3, 0.4) is 0 Å². The lowest BCUT2D eigenvalue weighted by atomic mass is 10.1. The summed E-state index contributed by atoms with van der Waals surface area (Å²) in [5, 5.41) is 14.4. The molecule has 0 saturated heterocycles. The molecule has 2 aromatic rings. The number of hydrogen-bond acceptors (Lipinski definition) is 3. The zero-order valence-corrected chi connectivity index (χ0v) is 8.83. The van der Waals surface area contributed by atoms with Gasteiger partial charge < -0.3 is 0 Å². The molecule has 0 atom stereocenters. The molecule has 5 nitrogen and oxygen atoms in total. The van der Waals surface area contributed by atoms with Crippen LogP contribution >= 0.6 is 0 Å². The number of nitrogens with zero attached hydrogens (tertiary/aromatic N) is 3. The Labute approximate surface area is 92.5 Å². The summed E-state index contributed by atoms with van der Waals surface area (Å²) in [6.07, 6.45) is 2.69. The van der Waals surface area contributed by atoms with Crippen molar-refractivity contribution in [2.24, 2.45) is 0 Å². The van der Waals surface area contributed by atoms with Crippen LogP contribution in [0.5, 0.6) is 0 Å². The van der Waals surface area contributed by atoms with Crippen LogP contribution in [0.1, 0.15) is 11.1 Å². The van der Waals surface area contributed by atoms with Crippen LogP contribution in [0.25, 0.3) is 0 Å². The highest BCUT2D eigenvalue weighted by atomic mass is 16.6. The van der Waals surface area contributed by atoms with Gasteiger partial charge in [-0.3, -0.25) is 14.8 Å². The summed E-state index contributed by atoms with van der Waals surface area (Å²) in [5.74, 6) is 0. The maximum atomic E-state index is 10.5. The summed E-state index contributed by atoms with van der Waals surface area (Å²) >= 11 is 0.